The van der Waals surface area contributed by atoms with Crippen LogP contribution >= 0.6 is 11.6 Å². The van der Waals surface area contributed by atoms with Crippen LogP contribution < -0.4 is 5.32 Å². The largest absolute Gasteiger partial charge is 0.395 e. The summed E-state index contributed by atoms with van der Waals surface area (Å²) in [5, 5.41) is 13.2. The highest BCUT2D eigenvalue weighted by Crippen LogP contribution is 2.17. The minimum atomic E-state index is 0.152. The standard InChI is InChI=1S/C12H18ClNO/c1-3-12(8-15)14-9(2)10-5-4-6-11(13)7-10/h4-7,9,12,14-15H,3,8H2,1-2H3. The van der Waals surface area contributed by atoms with Crippen molar-refractivity contribution < 1.29 is 5.11 Å². The summed E-state index contributed by atoms with van der Waals surface area (Å²) in [5.74, 6) is 0. The van der Waals surface area contributed by atoms with Gasteiger partial charge in [-0.3, -0.25) is 0 Å². The summed E-state index contributed by atoms with van der Waals surface area (Å²) < 4.78 is 0. The van der Waals surface area contributed by atoms with E-state index in [0.29, 0.717) is 0 Å². The van der Waals surface area contributed by atoms with Crippen molar-refractivity contribution in [1.82, 2.24) is 5.32 Å². The summed E-state index contributed by atoms with van der Waals surface area (Å²) in [5.41, 5.74) is 1.15. The smallest absolute Gasteiger partial charge is 0.0584 e. The van der Waals surface area contributed by atoms with Gasteiger partial charge in [0.2, 0.25) is 0 Å². The minimum absolute atomic E-state index is 0.152. The molecule has 2 nitrogen and oxygen atoms in total. The maximum Gasteiger partial charge on any atom is 0.0584 e. The van der Waals surface area contributed by atoms with E-state index >= 15 is 0 Å². The van der Waals surface area contributed by atoms with Crippen molar-refractivity contribution in [3.8, 4) is 0 Å². The van der Waals surface area contributed by atoms with Crippen LogP contribution in [0.3, 0.4) is 0 Å². The van der Waals surface area contributed by atoms with Crippen LogP contribution in [0.1, 0.15) is 31.9 Å². The highest BCUT2D eigenvalue weighted by atomic mass is 35.5. The highest BCUT2D eigenvalue weighted by Gasteiger charge is 2.10. The van der Waals surface area contributed by atoms with Crippen LogP contribution in [0.15, 0.2) is 24.3 Å². The molecule has 0 aliphatic rings. The Balaban J connectivity index is 2.64. The average molecular weight is 228 g/mol. The van der Waals surface area contributed by atoms with Crippen LogP contribution in [0, 0.1) is 0 Å². The van der Waals surface area contributed by atoms with Crippen LogP contribution in [0.4, 0.5) is 0 Å². The molecular formula is C12H18ClNO. The summed E-state index contributed by atoms with van der Waals surface area (Å²) in [4.78, 5) is 0. The Labute approximate surface area is 96.3 Å². The van der Waals surface area contributed by atoms with Gasteiger partial charge >= 0.3 is 0 Å². The normalized spacial score (nSPS) is 14.9. The zero-order valence-corrected chi connectivity index (χ0v) is 9.96. The van der Waals surface area contributed by atoms with Gasteiger partial charge in [0.15, 0.2) is 0 Å². The second-order valence-corrected chi connectivity index (χ2v) is 4.17. The number of rotatable bonds is 5. The molecule has 84 valence electrons. The molecule has 2 atom stereocenters. The van der Waals surface area contributed by atoms with Crippen LogP contribution in [-0.4, -0.2) is 17.8 Å². The lowest BCUT2D eigenvalue weighted by atomic mass is 10.1. The van der Waals surface area contributed by atoms with E-state index in [1.165, 1.54) is 0 Å². The minimum Gasteiger partial charge on any atom is -0.395 e. The molecule has 1 aromatic carbocycles. The second-order valence-electron chi connectivity index (χ2n) is 3.73. The maximum atomic E-state index is 9.09. The van der Waals surface area contributed by atoms with Gasteiger partial charge in [-0.05, 0) is 31.0 Å². The monoisotopic (exact) mass is 227 g/mol. The molecule has 1 rings (SSSR count). The molecule has 15 heavy (non-hydrogen) atoms. The summed E-state index contributed by atoms with van der Waals surface area (Å²) >= 11 is 5.92. The van der Waals surface area contributed by atoms with E-state index in [-0.39, 0.29) is 18.7 Å². The number of aliphatic hydroxyl groups is 1. The van der Waals surface area contributed by atoms with Crippen molar-refractivity contribution in [2.45, 2.75) is 32.4 Å². The van der Waals surface area contributed by atoms with Crippen molar-refractivity contribution in [3.63, 3.8) is 0 Å². The van der Waals surface area contributed by atoms with Crippen LogP contribution in [0.25, 0.3) is 0 Å². The molecule has 0 aliphatic heterocycles. The lowest BCUT2D eigenvalue weighted by Gasteiger charge is -2.20. The molecule has 3 heteroatoms. The van der Waals surface area contributed by atoms with E-state index in [2.05, 4.69) is 19.2 Å². The van der Waals surface area contributed by atoms with E-state index in [9.17, 15) is 0 Å². The average Bonchev–Trinajstić information content (AvgIpc) is 2.25. The molecule has 0 aromatic heterocycles. The first-order valence-corrected chi connectivity index (χ1v) is 5.67. The Kier molecular flexibility index (Phi) is 5.09. The molecule has 0 fully saturated rings. The number of nitrogens with one attached hydrogen (secondary N) is 1. The Morgan fingerprint density at radius 2 is 2.20 bits per heavy atom. The fraction of sp³-hybridized carbons (Fsp3) is 0.500. The molecule has 0 spiro atoms. The number of hydrogen-bond donors (Lipinski definition) is 2. The number of benzene rings is 1. The van der Waals surface area contributed by atoms with E-state index in [1.54, 1.807) is 0 Å². The molecular weight excluding hydrogens is 210 g/mol. The summed E-state index contributed by atoms with van der Waals surface area (Å²) in [6.45, 7) is 4.30. The lowest BCUT2D eigenvalue weighted by Crippen LogP contribution is -2.33. The zero-order chi connectivity index (χ0) is 11.3. The Morgan fingerprint density at radius 1 is 1.47 bits per heavy atom. The van der Waals surface area contributed by atoms with Gasteiger partial charge in [-0.25, -0.2) is 0 Å². The number of aliphatic hydroxyl groups excluding tert-OH is 1. The van der Waals surface area contributed by atoms with Crippen LogP contribution in [0.2, 0.25) is 5.02 Å². The first-order valence-electron chi connectivity index (χ1n) is 5.29. The summed E-state index contributed by atoms with van der Waals surface area (Å²) in [7, 11) is 0. The van der Waals surface area contributed by atoms with Crippen molar-refractivity contribution in [2.75, 3.05) is 6.61 Å². The van der Waals surface area contributed by atoms with Crippen LogP contribution in [-0.2, 0) is 0 Å². The van der Waals surface area contributed by atoms with Gasteiger partial charge in [-0.15, -0.1) is 0 Å². The van der Waals surface area contributed by atoms with E-state index in [0.717, 1.165) is 17.0 Å². The third-order valence-corrected chi connectivity index (χ3v) is 2.78. The van der Waals surface area contributed by atoms with Crippen molar-refractivity contribution in [2.24, 2.45) is 0 Å². The molecule has 0 heterocycles. The SMILES string of the molecule is CCC(CO)NC(C)c1cccc(Cl)c1. The Morgan fingerprint density at radius 3 is 2.73 bits per heavy atom. The summed E-state index contributed by atoms with van der Waals surface area (Å²) in [6, 6.07) is 8.15. The molecule has 2 N–H and O–H groups in total. The molecule has 2 unspecified atom stereocenters. The molecule has 0 aliphatic carbocycles. The molecule has 0 amide bonds. The third-order valence-electron chi connectivity index (χ3n) is 2.55. The lowest BCUT2D eigenvalue weighted by molar-refractivity contribution is 0.230. The summed E-state index contributed by atoms with van der Waals surface area (Å²) in [6.07, 6.45) is 0.918. The predicted molar refractivity (Wildman–Crippen MR) is 64.2 cm³/mol. The van der Waals surface area contributed by atoms with E-state index in [1.807, 2.05) is 24.3 Å². The van der Waals surface area contributed by atoms with Crippen molar-refractivity contribution >= 4 is 11.6 Å². The van der Waals surface area contributed by atoms with Gasteiger partial charge in [-0.1, -0.05) is 30.7 Å². The topological polar surface area (TPSA) is 32.3 Å². The number of halogens is 1. The van der Waals surface area contributed by atoms with Crippen LogP contribution in [0.5, 0.6) is 0 Å². The maximum absolute atomic E-state index is 9.09. The molecule has 1 aromatic rings. The highest BCUT2D eigenvalue weighted by molar-refractivity contribution is 6.30. The third kappa shape index (κ3) is 3.82. The fourth-order valence-corrected chi connectivity index (χ4v) is 1.72. The zero-order valence-electron chi connectivity index (χ0n) is 9.20. The van der Waals surface area contributed by atoms with Crippen molar-refractivity contribution in [3.05, 3.63) is 34.9 Å². The van der Waals surface area contributed by atoms with E-state index < -0.39 is 0 Å². The van der Waals surface area contributed by atoms with Gasteiger partial charge < -0.3 is 10.4 Å². The quantitative estimate of drug-likeness (QED) is 0.811. The van der Waals surface area contributed by atoms with Gasteiger partial charge in [0.1, 0.15) is 0 Å². The first kappa shape index (κ1) is 12.5. The Bertz CT molecular complexity index is 299. The number of hydrogen-bond acceptors (Lipinski definition) is 2. The van der Waals surface area contributed by atoms with E-state index in [4.69, 9.17) is 16.7 Å². The first-order chi connectivity index (χ1) is 7.17. The predicted octanol–water partition coefficient (Wildman–Crippen LogP) is 2.76. The molecule has 0 saturated heterocycles. The molecule has 0 radical (unpaired) electrons. The van der Waals surface area contributed by atoms with Gasteiger partial charge in [0, 0.05) is 17.1 Å². The molecule has 0 bridgehead atoms. The Hall–Kier alpha value is -0.570. The van der Waals surface area contributed by atoms with Gasteiger partial charge in [-0.2, -0.15) is 0 Å². The fourth-order valence-electron chi connectivity index (χ4n) is 1.53. The van der Waals surface area contributed by atoms with Gasteiger partial charge in [0.25, 0.3) is 0 Å². The second kappa shape index (κ2) is 6.11. The molecule has 0 saturated carbocycles. The van der Waals surface area contributed by atoms with Gasteiger partial charge in [0.05, 0.1) is 6.61 Å². The van der Waals surface area contributed by atoms with Crippen molar-refractivity contribution in [1.29, 1.82) is 0 Å².